The minimum atomic E-state index is -0.0958. The smallest absolute Gasteiger partial charge is 0.251 e. The third kappa shape index (κ3) is 6.14. The Labute approximate surface area is 172 Å². The van der Waals surface area contributed by atoms with Crippen molar-refractivity contribution < 1.29 is 14.3 Å². The van der Waals surface area contributed by atoms with Crippen LogP contribution in [0.3, 0.4) is 0 Å². The van der Waals surface area contributed by atoms with Gasteiger partial charge >= 0.3 is 0 Å². The van der Waals surface area contributed by atoms with Gasteiger partial charge < -0.3 is 25.0 Å². The van der Waals surface area contributed by atoms with Gasteiger partial charge in [-0.15, -0.1) is 0 Å². The van der Waals surface area contributed by atoms with E-state index >= 15 is 0 Å². The van der Waals surface area contributed by atoms with Crippen LogP contribution >= 0.6 is 0 Å². The summed E-state index contributed by atoms with van der Waals surface area (Å²) in [5, 5.41) is 5.94. The molecule has 1 amide bonds. The Kier molecular flexibility index (Phi) is 8.33. The van der Waals surface area contributed by atoms with Crippen molar-refractivity contribution in [3.8, 4) is 11.5 Å². The number of guanidine groups is 1. The van der Waals surface area contributed by atoms with E-state index in [-0.39, 0.29) is 5.91 Å². The standard InChI is InChI=1S/C22H30N4O3/c1-6-24-22(25-14-16-7-9-17(10-8-16)21(27)23-2)26(3)15-18-11-12-19(28-4)13-20(18)29-5/h7-13H,6,14-15H2,1-5H3,(H,23,27)(H,24,25). The Bertz CT molecular complexity index is 834. The topological polar surface area (TPSA) is 75.2 Å². The average molecular weight is 399 g/mol. The molecule has 0 fully saturated rings. The van der Waals surface area contributed by atoms with Gasteiger partial charge in [-0.25, -0.2) is 4.99 Å². The summed E-state index contributed by atoms with van der Waals surface area (Å²) >= 11 is 0. The van der Waals surface area contributed by atoms with Crippen molar-refractivity contribution in [2.24, 2.45) is 4.99 Å². The molecule has 156 valence electrons. The first-order chi connectivity index (χ1) is 14.0. The second kappa shape index (κ2) is 10.9. The first-order valence-corrected chi connectivity index (χ1v) is 9.53. The van der Waals surface area contributed by atoms with Gasteiger partial charge in [-0.05, 0) is 36.8 Å². The Hall–Kier alpha value is -3.22. The predicted octanol–water partition coefficient (Wildman–Crippen LogP) is 2.66. The Morgan fingerprint density at radius 2 is 1.83 bits per heavy atom. The number of methoxy groups -OCH3 is 2. The zero-order valence-corrected chi connectivity index (χ0v) is 17.8. The van der Waals surface area contributed by atoms with E-state index in [0.717, 1.165) is 35.1 Å². The molecule has 0 aliphatic heterocycles. The molecule has 0 radical (unpaired) electrons. The van der Waals surface area contributed by atoms with Crippen molar-refractivity contribution in [3.05, 3.63) is 59.2 Å². The average Bonchev–Trinajstić information content (AvgIpc) is 2.76. The highest BCUT2D eigenvalue weighted by atomic mass is 16.5. The molecule has 0 aliphatic rings. The minimum absolute atomic E-state index is 0.0958. The Morgan fingerprint density at radius 1 is 1.10 bits per heavy atom. The van der Waals surface area contributed by atoms with Crippen molar-refractivity contribution in [2.45, 2.75) is 20.0 Å². The summed E-state index contributed by atoms with van der Waals surface area (Å²) in [4.78, 5) is 18.4. The number of nitrogens with one attached hydrogen (secondary N) is 2. The zero-order chi connectivity index (χ0) is 21.2. The highest BCUT2D eigenvalue weighted by Crippen LogP contribution is 2.25. The Morgan fingerprint density at radius 3 is 2.41 bits per heavy atom. The van der Waals surface area contributed by atoms with E-state index in [0.29, 0.717) is 18.7 Å². The van der Waals surface area contributed by atoms with Crippen LogP contribution in [0.25, 0.3) is 0 Å². The molecule has 2 aromatic carbocycles. The van der Waals surface area contributed by atoms with Gasteiger partial charge in [-0.3, -0.25) is 4.79 Å². The maximum atomic E-state index is 11.7. The quantitative estimate of drug-likeness (QED) is 0.528. The molecule has 0 bridgehead atoms. The number of rotatable bonds is 8. The number of carbonyl (C=O) groups excluding carboxylic acids is 1. The molecule has 0 spiro atoms. The molecule has 0 aromatic heterocycles. The fourth-order valence-electron chi connectivity index (χ4n) is 2.85. The molecule has 0 unspecified atom stereocenters. The molecule has 2 N–H and O–H groups in total. The van der Waals surface area contributed by atoms with Crippen LogP contribution in [0, 0.1) is 0 Å². The van der Waals surface area contributed by atoms with Crippen LogP contribution in [0.4, 0.5) is 0 Å². The van der Waals surface area contributed by atoms with Crippen molar-refractivity contribution in [2.75, 3.05) is 34.9 Å². The fraction of sp³-hybridized carbons (Fsp3) is 0.364. The summed E-state index contributed by atoms with van der Waals surface area (Å²) in [7, 11) is 6.90. The van der Waals surface area contributed by atoms with E-state index in [1.165, 1.54) is 0 Å². The van der Waals surface area contributed by atoms with Gasteiger partial charge in [0, 0.05) is 44.4 Å². The van der Waals surface area contributed by atoms with E-state index < -0.39 is 0 Å². The van der Waals surface area contributed by atoms with Crippen LogP contribution < -0.4 is 20.1 Å². The fourth-order valence-corrected chi connectivity index (χ4v) is 2.85. The first-order valence-electron chi connectivity index (χ1n) is 9.53. The molecule has 0 heterocycles. The van der Waals surface area contributed by atoms with Crippen molar-refractivity contribution >= 4 is 11.9 Å². The van der Waals surface area contributed by atoms with Gasteiger partial charge in [0.15, 0.2) is 5.96 Å². The number of carbonyl (C=O) groups is 1. The lowest BCUT2D eigenvalue weighted by molar-refractivity contribution is 0.0963. The largest absolute Gasteiger partial charge is 0.497 e. The van der Waals surface area contributed by atoms with Crippen LogP contribution in [-0.2, 0) is 13.1 Å². The number of ether oxygens (including phenoxy) is 2. The highest BCUT2D eigenvalue weighted by molar-refractivity contribution is 5.93. The van der Waals surface area contributed by atoms with Crippen LogP contribution in [0.15, 0.2) is 47.5 Å². The normalized spacial score (nSPS) is 11.0. The maximum Gasteiger partial charge on any atom is 0.251 e. The number of hydrogen-bond acceptors (Lipinski definition) is 4. The van der Waals surface area contributed by atoms with E-state index in [9.17, 15) is 4.79 Å². The van der Waals surface area contributed by atoms with Crippen molar-refractivity contribution in [1.82, 2.24) is 15.5 Å². The van der Waals surface area contributed by atoms with Gasteiger partial charge in [0.25, 0.3) is 5.91 Å². The van der Waals surface area contributed by atoms with E-state index in [1.807, 2.05) is 61.3 Å². The lowest BCUT2D eigenvalue weighted by atomic mass is 10.1. The maximum absolute atomic E-state index is 11.7. The van der Waals surface area contributed by atoms with Crippen molar-refractivity contribution in [1.29, 1.82) is 0 Å². The van der Waals surface area contributed by atoms with Crippen molar-refractivity contribution in [3.63, 3.8) is 0 Å². The second-order valence-corrected chi connectivity index (χ2v) is 6.48. The van der Waals surface area contributed by atoms with Crippen LogP contribution in [0.1, 0.15) is 28.4 Å². The lowest BCUT2D eigenvalue weighted by Gasteiger charge is -2.23. The minimum Gasteiger partial charge on any atom is -0.497 e. The molecule has 29 heavy (non-hydrogen) atoms. The lowest BCUT2D eigenvalue weighted by Crippen LogP contribution is -2.38. The first kappa shape index (κ1) is 22.1. The van der Waals surface area contributed by atoms with Gasteiger partial charge in [0.05, 0.1) is 20.8 Å². The monoisotopic (exact) mass is 398 g/mol. The molecule has 2 rings (SSSR count). The summed E-state index contributed by atoms with van der Waals surface area (Å²) in [5.41, 5.74) is 2.70. The summed E-state index contributed by atoms with van der Waals surface area (Å²) < 4.78 is 10.8. The van der Waals surface area contributed by atoms with Gasteiger partial charge in [0.1, 0.15) is 11.5 Å². The molecular formula is C22H30N4O3. The zero-order valence-electron chi connectivity index (χ0n) is 17.8. The molecule has 2 aromatic rings. The summed E-state index contributed by atoms with van der Waals surface area (Å²) in [6.07, 6.45) is 0. The van der Waals surface area contributed by atoms with E-state index in [1.54, 1.807) is 21.3 Å². The third-order valence-corrected chi connectivity index (χ3v) is 4.45. The molecule has 0 saturated heterocycles. The number of hydrogen-bond donors (Lipinski definition) is 2. The number of amides is 1. The van der Waals surface area contributed by atoms with Crippen LogP contribution in [0.5, 0.6) is 11.5 Å². The Balaban J connectivity index is 2.12. The summed E-state index contributed by atoms with van der Waals surface area (Å²) in [6.45, 7) is 3.95. The number of benzene rings is 2. The highest BCUT2D eigenvalue weighted by Gasteiger charge is 2.11. The van der Waals surface area contributed by atoms with Crippen LogP contribution in [0.2, 0.25) is 0 Å². The van der Waals surface area contributed by atoms with Gasteiger partial charge in [-0.2, -0.15) is 0 Å². The molecular weight excluding hydrogens is 368 g/mol. The SMILES string of the molecule is CCNC(=NCc1ccc(C(=O)NC)cc1)N(C)Cc1ccc(OC)cc1OC. The molecule has 0 aliphatic carbocycles. The number of nitrogens with zero attached hydrogens (tertiary/aromatic N) is 2. The van der Waals surface area contributed by atoms with Gasteiger partial charge in [-0.1, -0.05) is 12.1 Å². The second-order valence-electron chi connectivity index (χ2n) is 6.48. The third-order valence-electron chi connectivity index (χ3n) is 4.45. The molecule has 7 heteroatoms. The molecule has 7 nitrogen and oxygen atoms in total. The van der Waals surface area contributed by atoms with Gasteiger partial charge in [0.2, 0.25) is 0 Å². The number of aliphatic imine (C=N–C) groups is 1. The van der Waals surface area contributed by atoms with Crippen LogP contribution in [-0.4, -0.2) is 51.6 Å². The predicted molar refractivity (Wildman–Crippen MR) is 116 cm³/mol. The molecule has 0 atom stereocenters. The molecule has 0 saturated carbocycles. The van der Waals surface area contributed by atoms with E-state index in [2.05, 4.69) is 10.6 Å². The van der Waals surface area contributed by atoms with E-state index in [4.69, 9.17) is 14.5 Å². The summed E-state index contributed by atoms with van der Waals surface area (Å²) in [5.74, 6) is 2.23. The summed E-state index contributed by atoms with van der Waals surface area (Å²) in [6, 6.07) is 13.2.